The smallest absolute Gasteiger partial charge is 0.242 e. The van der Waals surface area contributed by atoms with E-state index in [1.165, 1.54) is 11.0 Å². The molecule has 1 aromatic heterocycles. The molecule has 0 bridgehead atoms. The first-order valence-electron chi connectivity index (χ1n) is 8.70. The maximum absolute atomic E-state index is 13.5. The molecule has 0 spiro atoms. The Morgan fingerprint density at radius 3 is 2.54 bits per heavy atom. The fraction of sp³-hybridized carbons (Fsp3) is 0.250. The SMILES string of the molecule is Cc1ccc(-c2n[nH]c(=S)n2CC(=O)N(C)C(C)c2ccc(F)c(F)c2)cc1. The van der Waals surface area contributed by atoms with Gasteiger partial charge in [-0.25, -0.2) is 8.78 Å². The van der Waals surface area contributed by atoms with Crippen molar-refractivity contribution in [1.82, 2.24) is 19.7 Å². The molecule has 2 aromatic carbocycles. The molecule has 0 aliphatic heterocycles. The average molecular weight is 402 g/mol. The van der Waals surface area contributed by atoms with Gasteiger partial charge in [0, 0.05) is 12.6 Å². The Hall–Kier alpha value is -2.87. The van der Waals surface area contributed by atoms with Crippen LogP contribution >= 0.6 is 12.2 Å². The van der Waals surface area contributed by atoms with Gasteiger partial charge >= 0.3 is 0 Å². The molecule has 1 N–H and O–H groups in total. The normalized spacial score (nSPS) is 12.0. The van der Waals surface area contributed by atoms with Gasteiger partial charge in [-0.2, -0.15) is 5.10 Å². The first-order valence-corrected chi connectivity index (χ1v) is 9.11. The van der Waals surface area contributed by atoms with E-state index in [0.29, 0.717) is 16.2 Å². The molecular formula is C20H20F2N4OS. The summed E-state index contributed by atoms with van der Waals surface area (Å²) in [5, 5.41) is 6.96. The van der Waals surface area contributed by atoms with Crippen molar-refractivity contribution in [3.05, 3.63) is 70.0 Å². The predicted octanol–water partition coefficient (Wildman–Crippen LogP) is 4.41. The van der Waals surface area contributed by atoms with Gasteiger partial charge in [-0.15, -0.1) is 0 Å². The molecule has 0 saturated carbocycles. The van der Waals surface area contributed by atoms with Crippen LogP contribution in [0.15, 0.2) is 42.5 Å². The number of carbonyl (C=O) groups is 1. The number of nitrogens with zero attached hydrogens (tertiary/aromatic N) is 3. The summed E-state index contributed by atoms with van der Waals surface area (Å²) in [6.07, 6.45) is 0. The van der Waals surface area contributed by atoms with Crippen molar-refractivity contribution in [2.75, 3.05) is 7.05 Å². The number of aromatic amines is 1. The summed E-state index contributed by atoms with van der Waals surface area (Å²) in [6, 6.07) is 10.9. The number of aromatic nitrogens is 3. The van der Waals surface area contributed by atoms with Crippen LogP contribution in [0.25, 0.3) is 11.4 Å². The van der Waals surface area contributed by atoms with Crippen LogP contribution in [0.3, 0.4) is 0 Å². The second kappa shape index (κ2) is 8.02. The molecule has 0 fully saturated rings. The predicted molar refractivity (Wildman–Crippen MR) is 105 cm³/mol. The third kappa shape index (κ3) is 4.01. The molecule has 146 valence electrons. The molecule has 1 heterocycles. The minimum atomic E-state index is -0.941. The molecule has 1 amide bonds. The molecule has 3 aromatic rings. The Morgan fingerprint density at radius 2 is 1.89 bits per heavy atom. The molecule has 0 aliphatic rings. The molecule has 0 aliphatic carbocycles. The van der Waals surface area contributed by atoms with Crippen LogP contribution in [0.4, 0.5) is 8.78 Å². The van der Waals surface area contributed by atoms with E-state index in [-0.39, 0.29) is 12.5 Å². The number of likely N-dealkylation sites (N-methyl/N-ethyl adjacent to an activating group) is 1. The van der Waals surface area contributed by atoms with Gasteiger partial charge in [0.25, 0.3) is 0 Å². The average Bonchev–Trinajstić information content (AvgIpc) is 3.03. The van der Waals surface area contributed by atoms with E-state index in [9.17, 15) is 13.6 Å². The van der Waals surface area contributed by atoms with Gasteiger partial charge < -0.3 is 4.90 Å². The van der Waals surface area contributed by atoms with Gasteiger partial charge in [0.2, 0.25) is 5.91 Å². The monoisotopic (exact) mass is 402 g/mol. The largest absolute Gasteiger partial charge is 0.337 e. The van der Waals surface area contributed by atoms with E-state index >= 15 is 0 Å². The van der Waals surface area contributed by atoms with Crippen LogP contribution in [0.1, 0.15) is 24.1 Å². The maximum Gasteiger partial charge on any atom is 0.242 e. The van der Waals surface area contributed by atoms with Gasteiger partial charge in [0.15, 0.2) is 22.2 Å². The van der Waals surface area contributed by atoms with E-state index in [1.54, 1.807) is 18.5 Å². The third-order valence-corrected chi connectivity index (χ3v) is 5.07. The number of halogens is 2. The molecule has 8 heteroatoms. The van der Waals surface area contributed by atoms with Gasteiger partial charge in [0.1, 0.15) is 6.54 Å². The van der Waals surface area contributed by atoms with Crippen LogP contribution < -0.4 is 0 Å². The first kappa shape index (κ1) is 19.9. The van der Waals surface area contributed by atoms with Crippen LogP contribution in [0, 0.1) is 23.3 Å². The quantitative estimate of drug-likeness (QED) is 0.643. The number of benzene rings is 2. The van der Waals surface area contributed by atoms with E-state index in [0.717, 1.165) is 23.3 Å². The number of rotatable bonds is 5. The number of hydrogen-bond acceptors (Lipinski definition) is 3. The second-order valence-corrected chi connectivity index (χ2v) is 7.05. The molecule has 0 saturated heterocycles. The van der Waals surface area contributed by atoms with Crippen molar-refractivity contribution >= 4 is 18.1 Å². The van der Waals surface area contributed by atoms with Crippen LogP contribution in [0.5, 0.6) is 0 Å². The summed E-state index contributed by atoms with van der Waals surface area (Å²) < 4.78 is 28.6. The minimum Gasteiger partial charge on any atom is -0.337 e. The molecule has 3 rings (SSSR count). The lowest BCUT2D eigenvalue weighted by Crippen LogP contribution is -2.33. The summed E-state index contributed by atoms with van der Waals surface area (Å²) >= 11 is 5.28. The Balaban J connectivity index is 1.82. The van der Waals surface area contributed by atoms with Crippen LogP contribution in [-0.4, -0.2) is 32.6 Å². The Kier molecular flexibility index (Phi) is 5.69. The Bertz CT molecular complexity index is 1060. The molecular weight excluding hydrogens is 382 g/mol. The molecule has 0 radical (unpaired) electrons. The van der Waals surface area contributed by atoms with E-state index in [2.05, 4.69) is 10.2 Å². The fourth-order valence-electron chi connectivity index (χ4n) is 2.85. The van der Waals surface area contributed by atoms with Crippen molar-refractivity contribution in [3.8, 4) is 11.4 Å². The number of amides is 1. The highest BCUT2D eigenvalue weighted by Gasteiger charge is 2.21. The highest BCUT2D eigenvalue weighted by molar-refractivity contribution is 7.71. The topological polar surface area (TPSA) is 53.9 Å². The van der Waals surface area contributed by atoms with Crippen LogP contribution in [0.2, 0.25) is 0 Å². The number of hydrogen-bond donors (Lipinski definition) is 1. The number of aryl methyl sites for hydroxylation is 1. The summed E-state index contributed by atoms with van der Waals surface area (Å²) in [5.41, 5.74) is 2.45. The second-order valence-electron chi connectivity index (χ2n) is 6.66. The highest BCUT2D eigenvalue weighted by atomic mass is 32.1. The number of nitrogens with one attached hydrogen (secondary N) is 1. The van der Waals surface area contributed by atoms with Crippen molar-refractivity contribution < 1.29 is 13.6 Å². The number of H-pyrrole nitrogens is 1. The van der Waals surface area contributed by atoms with Crippen molar-refractivity contribution in [2.45, 2.75) is 26.4 Å². The zero-order chi connectivity index (χ0) is 20.4. The van der Waals surface area contributed by atoms with Crippen molar-refractivity contribution in [3.63, 3.8) is 0 Å². The van der Waals surface area contributed by atoms with E-state index in [1.807, 2.05) is 31.2 Å². The maximum atomic E-state index is 13.5. The molecule has 5 nitrogen and oxygen atoms in total. The lowest BCUT2D eigenvalue weighted by Gasteiger charge is -2.26. The van der Waals surface area contributed by atoms with E-state index in [4.69, 9.17) is 12.2 Å². The fourth-order valence-corrected chi connectivity index (χ4v) is 3.04. The lowest BCUT2D eigenvalue weighted by atomic mass is 10.1. The van der Waals surface area contributed by atoms with Crippen molar-refractivity contribution in [1.29, 1.82) is 0 Å². The standard InChI is InChI=1S/C20H20F2N4OS/c1-12-4-6-14(7-5-12)19-23-24-20(28)26(19)11-18(27)25(3)13(2)15-8-9-16(21)17(22)10-15/h4-10,13H,11H2,1-3H3,(H,24,28). The van der Waals surface area contributed by atoms with Crippen molar-refractivity contribution in [2.24, 2.45) is 0 Å². The Labute approximate surface area is 166 Å². The zero-order valence-electron chi connectivity index (χ0n) is 15.7. The van der Waals surface area contributed by atoms with E-state index < -0.39 is 17.7 Å². The summed E-state index contributed by atoms with van der Waals surface area (Å²) in [7, 11) is 1.61. The minimum absolute atomic E-state index is 0.0247. The zero-order valence-corrected chi connectivity index (χ0v) is 16.6. The number of carbonyl (C=O) groups excluding carboxylic acids is 1. The van der Waals surface area contributed by atoms with Gasteiger partial charge in [0.05, 0.1) is 6.04 Å². The van der Waals surface area contributed by atoms with Crippen LogP contribution in [-0.2, 0) is 11.3 Å². The van der Waals surface area contributed by atoms with Gasteiger partial charge in [-0.3, -0.25) is 14.5 Å². The van der Waals surface area contributed by atoms with Gasteiger partial charge in [-0.1, -0.05) is 35.9 Å². The lowest BCUT2D eigenvalue weighted by molar-refractivity contribution is -0.132. The summed E-state index contributed by atoms with van der Waals surface area (Å²) in [4.78, 5) is 14.3. The first-order chi connectivity index (χ1) is 13.3. The highest BCUT2D eigenvalue weighted by Crippen LogP contribution is 2.22. The molecule has 28 heavy (non-hydrogen) atoms. The third-order valence-electron chi connectivity index (χ3n) is 4.76. The van der Waals surface area contributed by atoms with Gasteiger partial charge in [-0.05, 0) is 43.8 Å². The summed E-state index contributed by atoms with van der Waals surface area (Å²) in [5.74, 6) is -1.53. The Morgan fingerprint density at radius 1 is 1.21 bits per heavy atom. The summed E-state index contributed by atoms with van der Waals surface area (Å²) in [6.45, 7) is 3.71. The molecule has 1 unspecified atom stereocenters. The molecule has 1 atom stereocenters.